The van der Waals surface area contributed by atoms with Crippen molar-refractivity contribution in [2.75, 3.05) is 0 Å². The molecule has 2 N–H and O–H groups in total. The van der Waals surface area contributed by atoms with Crippen LogP contribution in [-0.4, -0.2) is 17.9 Å². The first-order chi connectivity index (χ1) is 12.5. The van der Waals surface area contributed by atoms with Crippen molar-refractivity contribution in [1.82, 2.24) is 10.6 Å². The van der Waals surface area contributed by atoms with Gasteiger partial charge in [-0.3, -0.25) is 9.59 Å². The van der Waals surface area contributed by atoms with E-state index in [1.165, 1.54) is 6.26 Å². The maximum absolute atomic E-state index is 12.6. The fourth-order valence-corrected chi connectivity index (χ4v) is 3.37. The first-order valence-electron chi connectivity index (χ1n) is 7.98. The van der Waals surface area contributed by atoms with E-state index in [4.69, 9.17) is 16.0 Å². The van der Waals surface area contributed by atoms with E-state index in [0.29, 0.717) is 5.02 Å². The Hall–Kier alpha value is -2.57. The van der Waals surface area contributed by atoms with Gasteiger partial charge in [-0.15, -0.1) is 11.3 Å². The number of nitrogens with one attached hydrogen (secondary N) is 2. The van der Waals surface area contributed by atoms with Crippen LogP contribution in [0, 0.1) is 0 Å². The fourth-order valence-electron chi connectivity index (χ4n) is 2.44. The highest BCUT2D eigenvalue weighted by atomic mass is 35.5. The number of carbonyl (C=O) groups is 2. The van der Waals surface area contributed by atoms with Crippen molar-refractivity contribution in [2.24, 2.45) is 0 Å². The van der Waals surface area contributed by atoms with Gasteiger partial charge in [0.05, 0.1) is 12.3 Å². The third-order valence-electron chi connectivity index (χ3n) is 3.80. The number of thiophene rings is 1. The second-order valence-electron chi connectivity index (χ2n) is 5.68. The molecule has 0 radical (unpaired) electrons. The number of carbonyl (C=O) groups excluding carboxylic acids is 2. The third kappa shape index (κ3) is 4.33. The van der Waals surface area contributed by atoms with Gasteiger partial charge in [0.25, 0.3) is 5.91 Å². The number of benzene rings is 1. The van der Waals surface area contributed by atoms with Crippen molar-refractivity contribution >= 4 is 34.8 Å². The van der Waals surface area contributed by atoms with E-state index in [2.05, 4.69) is 10.6 Å². The second-order valence-corrected chi connectivity index (χ2v) is 7.10. The lowest BCUT2D eigenvalue weighted by Gasteiger charge is -2.21. The summed E-state index contributed by atoms with van der Waals surface area (Å²) < 4.78 is 5.04. The van der Waals surface area contributed by atoms with Crippen LogP contribution in [0.5, 0.6) is 0 Å². The van der Waals surface area contributed by atoms with Crippen LogP contribution in [0.3, 0.4) is 0 Å². The lowest BCUT2D eigenvalue weighted by Crippen LogP contribution is -2.45. The van der Waals surface area contributed by atoms with Crippen LogP contribution >= 0.6 is 22.9 Å². The minimum atomic E-state index is -0.720. The monoisotopic (exact) mass is 388 g/mol. The first kappa shape index (κ1) is 18.2. The highest BCUT2D eigenvalue weighted by Crippen LogP contribution is 2.27. The van der Waals surface area contributed by atoms with Gasteiger partial charge in [0.1, 0.15) is 6.04 Å². The zero-order valence-corrected chi connectivity index (χ0v) is 15.5. The number of rotatable bonds is 6. The average molecular weight is 389 g/mol. The molecular weight excluding hydrogens is 372 g/mol. The maximum atomic E-state index is 12.6. The van der Waals surface area contributed by atoms with Crippen LogP contribution in [0.25, 0.3) is 0 Å². The highest BCUT2D eigenvalue weighted by molar-refractivity contribution is 7.10. The molecule has 0 unspecified atom stereocenters. The van der Waals surface area contributed by atoms with Crippen LogP contribution in [0.15, 0.2) is 64.6 Å². The molecule has 0 fully saturated rings. The minimum absolute atomic E-state index is 0.164. The molecule has 5 nitrogen and oxygen atoms in total. The van der Waals surface area contributed by atoms with Gasteiger partial charge in [0, 0.05) is 9.90 Å². The molecule has 0 spiro atoms. The summed E-state index contributed by atoms with van der Waals surface area (Å²) in [4.78, 5) is 25.7. The molecule has 2 amide bonds. The molecule has 1 aromatic carbocycles. The Bertz CT molecular complexity index is 861. The predicted molar refractivity (Wildman–Crippen MR) is 101 cm³/mol. The zero-order valence-electron chi connectivity index (χ0n) is 13.9. The van der Waals surface area contributed by atoms with E-state index in [1.54, 1.807) is 42.5 Å². The van der Waals surface area contributed by atoms with Gasteiger partial charge in [0.15, 0.2) is 5.76 Å². The Balaban J connectivity index is 1.73. The lowest BCUT2D eigenvalue weighted by molar-refractivity contribution is -0.123. The normalized spacial score (nSPS) is 13.0. The van der Waals surface area contributed by atoms with Gasteiger partial charge >= 0.3 is 0 Å². The zero-order chi connectivity index (χ0) is 18.5. The largest absolute Gasteiger partial charge is 0.459 e. The standard InChI is InChI=1S/C19H17ClN2O3S/c1-12(21-19(24)15-4-2-10-25-15)18(23)22-17(16-5-3-11-26-16)13-6-8-14(20)9-7-13/h2-12,17H,1H3,(H,21,24)(H,22,23)/t12-,17-/m1/s1. The average Bonchev–Trinajstić information content (AvgIpc) is 3.34. The smallest absolute Gasteiger partial charge is 0.287 e. The van der Waals surface area contributed by atoms with Crippen LogP contribution in [0.4, 0.5) is 0 Å². The Morgan fingerprint density at radius 2 is 1.85 bits per heavy atom. The minimum Gasteiger partial charge on any atom is -0.459 e. The van der Waals surface area contributed by atoms with Gasteiger partial charge < -0.3 is 15.1 Å². The van der Waals surface area contributed by atoms with E-state index in [9.17, 15) is 9.59 Å². The summed E-state index contributed by atoms with van der Waals surface area (Å²) in [6, 6.07) is 13.3. The summed E-state index contributed by atoms with van der Waals surface area (Å²) in [6.45, 7) is 1.63. The SMILES string of the molecule is C[C@@H](NC(=O)c1ccco1)C(=O)N[C@H](c1ccc(Cl)cc1)c1cccs1. The number of furan rings is 1. The van der Waals surface area contributed by atoms with Crippen molar-refractivity contribution in [3.63, 3.8) is 0 Å². The molecule has 0 aliphatic rings. The second kappa shape index (κ2) is 8.21. The van der Waals surface area contributed by atoms with Gasteiger partial charge in [-0.2, -0.15) is 0 Å². The van der Waals surface area contributed by atoms with Gasteiger partial charge in [0.2, 0.25) is 5.91 Å². The Labute approximate surface area is 160 Å². The van der Waals surface area contributed by atoms with Crippen molar-refractivity contribution < 1.29 is 14.0 Å². The molecule has 0 bridgehead atoms. The molecular formula is C19H17ClN2O3S. The molecule has 0 aliphatic carbocycles. The van der Waals surface area contributed by atoms with Gasteiger partial charge in [-0.05, 0) is 48.2 Å². The van der Waals surface area contributed by atoms with E-state index in [0.717, 1.165) is 10.4 Å². The Morgan fingerprint density at radius 1 is 1.08 bits per heavy atom. The van der Waals surface area contributed by atoms with Gasteiger partial charge in [-0.25, -0.2) is 0 Å². The summed E-state index contributed by atoms with van der Waals surface area (Å²) >= 11 is 7.51. The van der Waals surface area contributed by atoms with E-state index >= 15 is 0 Å². The van der Waals surface area contributed by atoms with E-state index in [1.807, 2.05) is 29.6 Å². The predicted octanol–water partition coefficient (Wildman–Crippen LogP) is 4.02. The molecule has 3 rings (SSSR count). The molecule has 2 heterocycles. The van der Waals surface area contributed by atoms with Crippen LogP contribution < -0.4 is 10.6 Å². The molecule has 2 atom stereocenters. The molecule has 3 aromatic rings. The van der Waals surface area contributed by atoms with Crippen molar-refractivity contribution in [2.45, 2.75) is 19.0 Å². The number of amides is 2. The van der Waals surface area contributed by atoms with Gasteiger partial charge in [-0.1, -0.05) is 29.8 Å². The van der Waals surface area contributed by atoms with Crippen LogP contribution in [0.1, 0.15) is 34.0 Å². The molecule has 0 aliphatic heterocycles. The molecule has 0 saturated carbocycles. The third-order valence-corrected chi connectivity index (χ3v) is 4.99. The number of hydrogen-bond acceptors (Lipinski definition) is 4. The maximum Gasteiger partial charge on any atom is 0.287 e. The molecule has 7 heteroatoms. The summed E-state index contributed by atoms with van der Waals surface area (Å²) in [5, 5.41) is 8.20. The summed E-state index contributed by atoms with van der Waals surface area (Å²) in [7, 11) is 0. The number of halogens is 1. The van der Waals surface area contributed by atoms with Crippen molar-refractivity contribution in [3.8, 4) is 0 Å². The Kier molecular flexibility index (Phi) is 5.75. The van der Waals surface area contributed by atoms with Crippen LogP contribution in [-0.2, 0) is 4.79 Å². The first-order valence-corrected chi connectivity index (χ1v) is 9.24. The van der Waals surface area contributed by atoms with Crippen LogP contribution in [0.2, 0.25) is 5.02 Å². The summed E-state index contributed by atoms with van der Waals surface area (Å²) in [5.41, 5.74) is 0.912. The Morgan fingerprint density at radius 3 is 2.46 bits per heavy atom. The molecule has 134 valence electrons. The van der Waals surface area contributed by atoms with Crippen molar-refractivity contribution in [1.29, 1.82) is 0 Å². The summed E-state index contributed by atoms with van der Waals surface area (Å²) in [5.74, 6) is -0.563. The quantitative estimate of drug-likeness (QED) is 0.670. The summed E-state index contributed by atoms with van der Waals surface area (Å²) in [6.07, 6.45) is 1.41. The van der Waals surface area contributed by atoms with E-state index in [-0.39, 0.29) is 17.7 Å². The molecule has 2 aromatic heterocycles. The fraction of sp³-hybridized carbons (Fsp3) is 0.158. The lowest BCUT2D eigenvalue weighted by atomic mass is 10.0. The topological polar surface area (TPSA) is 71.3 Å². The van der Waals surface area contributed by atoms with Crippen molar-refractivity contribution in [3.05, 3.63) is 81.4 Å². The molecule has 26 heavy (non-hydrogen) atoms. The molecule has 0 saturated heterocycles. The highest BCUT2D eigenvalue weighted by Gasteiger charge is 2.23. The number of hydrogen-bond donors (Lipinski definition) is 2. The van der Waals surface area contributed by atoms with E-state index < -0.39 is 11.9 Å².